The van der Waals surface area contributed by atoms with Crippen molar-refractivity contribution >= 4 is 87.2 Å². The Bertz CT molecular complexity index is 4900. The summed E-state index contributed by atoms with van der Waals surface area (Å²) >= 11 is 0. The van der Waals surface area contributed by atoms with Crippen LogP contribution in [-0.2, 0) is 0 Å². The molecular weight excluding hydrogens is 1020 g/mol. The van der Waals surface area contributed by atoms with E-state index >= 15 is 0 Å². The molecule has 5 heteroatoms. The first-order valence-electron chi connectivity index (χ1n) is 28.6. The molecule has 84 heavy (non-hydrogen) atoms. The predicted molar refractivity (Wildman–Crippen MR) is 350 cm³/mol. The molecule has 0 unspecified atom stereocenters. The maximum Gasteiger partial charge on any atom is 0.104 e. The molecular formula is C79H49N5. The van der Waals surface area contributed by atoms with Crippen molar-refractivity contribution in [2.45, 2.75) is 0 Å². The van der Waals surface area contributed by atoms with Gasteiger partial charge >= 0.3 is 0 Å². The van der Waals surface area contributed by atoms with Crippen LogP contribution in [0.1, 0.15) is 5.56 Å². The first-order valence-corrected chi connectivity index (χ1v) is 28.6. The van der Waals surface area contributed by atoms with Crippen LogP contribution in [-0.4, -0.2) is 18.3 Å². The Morgan fingerprint density at radius 3 is 0.702 bits per heavy atom. The predicted octanol–water partition coefficient (Wildman–Crippen LogP) is 20.6. The van der Waals surface area contributed by atoms with Crippen LogP contribution in [0.3, 0.4) is 0 Å². The van der Waals surface area contributed by atoms with Crippen LogP contribution >= 0.6 is 0 Å². The molecule has 0 radical (unpaired) electrons. The standard InChI is InChI=1S/C79H49N5/c80-50-67-78(83-68-33-17-13-29-59(68)60-30-14-18-34-69(60)83)76(81-72-41-37-55(51-21-5-1-6-22-51)45-63(72)64-46-56(38-42-73(64)81)52-23-7-2-8-24-52)49-77(79(67)84-70-35-19-15-31-61(70)62-32-16-20-36-71(62)84)82-74-43-39-57(53-25-9-3-10-26-53)47-65(74)66-48-58(40-44-75(66)82)54-27-11-4-12-28-54/h1-49H. The van der Waals surface area contributed by atoms with Crippen molar-refractivity contribution in [2.75, 3.05) is 0 Å². The maximum atomic E-state index is 12.8. The van der Waals surface area contributed by atoms with E-state index in [1.807, 2.05) is 0 Å². The normalized spacial score (nSPS) is 11.8. The van der Waals surface area contributed by atoms with Gasteiger partial charge in [-0.3, -0.25) is 0 Å². The summed E-state index contributed by atoms with van der Waals surface area (Å²) < 4.78 is 9.64. The molecule has 0 bridgehead atoms. The van der Waals surface area contributed by atoms with E-state index in [2.05, 4.69) is 322 Å². The molecule has 17 aromatic rings. The van der Waals surface area contributed by atoms with E-state index in [-0.39, 0.29) is 0 Å². The molecule has 0 aliphatic rings. The molecule has 0 fully saturated rings. The quantitative estimate of drug-likeness (QED) is 0.150. The van der Waals surface area contributed by atoms with Crippen molar-refractivity contribution in [3.05, 3.63) is 303 Å². The van der Waals surface area contributed by atoms with Gasteiger partial charge in [0.15, 0.2) is 0 Å². The minimum atomic E-state index is 0.536. The van der Waals surface area contributed by atoms with Gasteiger partial charge in [-0.1, -0.05) is 218 Å². The van der Waals surface area contributed by atoms with Crippen LogP contribution in [0.4, 0.5) is 0 Å². The Labute approximate surface area is 484 Å². The molecule has 0 saturated heterocycles. The molecule has 390 valence electrons. The van der Waals surface area contributed by atoms with E-state index in [4.69, 9.17) is 0 Å². The van der Waals surface area contributed by atoms with Gasteiger partial charge in [-0.2, -0.15) is 5.26 Å². The summed E-state index contributed by atoms with van der Waals surface area (Å²) in [4.78, 5) is 0. The zero-order chi connectivity index (χ0) is 55.4. The highest BCUT2D eigenvalue weighted by Crippen LogP contribution is 2.48. The fourth-order valence-electron chi connectivity index (χ4n) is 13.7. The zero-order valence-electron chi connectivity index (χ0n) is 45.5. The Morgan fingerprint density at radius 1 is 0.202 bits per heavy atom. The summed E-state index contributed by atoms with van der Waals surface area (Å²) in [6.45, 7) is 0. The average Bonchev–Trinajstić information content (AvgIpc) is 1.97. The van der Waals surface area contributed by atoms with Gasteiger partial charge in [0.1, 0.15) is 11.6 Å². The van der Waals surface area contributed by atoms with Crippen molar-refractivity contribution in [2.24, 2.45) is 0 Å². The van der Waals surface area contributed by atoms with Crippen LogP contribution in [0.25, 0.3) is 154 Å². The van der Waals surface area contributed by atoms with Crippen LogP contribution in [0, 0.1) is 11.3 Å². The highest BCUT2D eigenvalue weighted by Gasteiger charge is 2.31. The molecule has 0 amide bonds. The summed E-state index contributed by atoms with van der Waals surface area (Å²) in [6.07, 6.45) is 0. The Hall–Kier alpha value is -11.5. The van der Waals surface area contributed by atoms with Gasteiger partial charge in [-0.15, -0.1) is 0 Å². The summed E-state index contributed by atoms with van der Waals surface area (Å²) in [5, 5.41) is 21.7. The van der Waals surface area contributed by atoms with Crippen LogP contribution in [0.5, 0.6) is 0 Å². The lowest BCUT2D eigenvalue weighted by Gasteiger charge is -2.25. The number of benzene rings is 13. The highest BCUT2D eigenvalue weighted by atomic mass is 15.1. The second kappa shape index (κ2) is 18.8. The number of fused-ring (bicyclic) bond motifs is 12. The van der Waals surface area contributed by atoms with E-state index in [1.165, 1.54) is 0 Å². The number of nitrogens with zero attached hydrogens (tertiary/aromatic N) is 5. The highest BCUT2D eigenvalue weighted by molar-refractivity contribution is 6.16. The fourth-order valence-corrected chi connectivity index (χ4v) is 13.7. The Balaban J connectivity index is 1.10. The van der Waals surface area contributed by atoms with E-state index in [1.54, 1.807) is 0 Å². The Kier molecular flexibility index (Phi) is 10.6. The summed E-state index contributed by atoms with van der Waals surface area (Å²) in [5.74, 6) is 0. The third-order valence-electron chi connectivity index (χ3n) is 17.4. The lowest BCUT2D eigenvalue weighted by Crippen LogP contribution is -2.13. The van der Waals surface area contributed by atoms with Gasteiger partial charge in [-0.25, -0.2) is 0 Å². The molecule has 0 atom stereocenters. The van der Waals surface area contributed by atoms with Gasteiger partial charge < -0.3 is 18.3 Å². The lowest BCUT2D eigenvalue weighted by atomic mass is 10.0. The fraction of sp³-hybridized carbons (Fsp3) is 0. The number of rotatable bonds is 8. The SMILES string of the molecule is N#Cc1c(-n2c3ccccc3c3ccccc32)c(-n2c3ccc(-c4ccccc4)cc3c3cc(-c4ccccc4)ccc32)cc(-n2c3ccc(-c4ccccc4)cc3c3cc(-c4ccccc4)ccc32)c1-n1c2ccccc2c2ccccc21. The number of nitriles is 1. The minimum Gasteiger partial charge on any atom is -0.307 e. The zero-order valence-corrected chi connectivity index (χ0v) is 45.5. The smallest absolute Gasteiger partial charge is 0.104 e. The summed E-state index contributed by atoms with van der Waals surface area (Å²) in [7, 11) is 0. The topological polar surface area (TPSA) is 43.5 Å². The molecule has 13 aromatic carbocycles. The van der Waals surface area contributed by atoms with Crippen LogP contribution in [0.15, 0.2) is 297 Å². The lowest BCUT2D eigenvalue weighted by molar-refractivity contribution is 1.03. The number of hydrogen-bond acceptors (Lipinski definition) is 1. The van der Waals surface area contributed by atoms with Crippen molar-refractivity contribution < 1.29 is 0 Å². The maximum absolute atomic E-state index is 12.8. The van der Waals surface area contributed by atoms with Gasteiger partial charge in [-0.05, 0) is 123 Å². The van der Waals surface area contributed by atoms with Gasteiger partial charge in [0.05, 0.1) is 66.9 Å². The molecule has 0 aliphatic carbocycles. The van der Waals surface area contributed by atoms with Gasteiger partial charge in [0, 0.05) is 43.1 Å². The van der Waals surface area contributed by atoms with Crippen molar-refractivity contribution in [3.8, 4) is 73.3 Å². The van der Waals surface area contributed by atoms with E-state index in [0.717, 1.165) is 154 Å². The van der Waals surface area contributed by atoms with Crippen LogP contribution < -0.4 is 0 Å². The molecule has 0 N–H and O–H groups in total. The third kappa shape index (κ3) is 7.14. The van der Waals surface area contributed by atoms with Gasteiger partial charge in [0.2, 0.25) is 0 Å². The molecule has 0 aliphatic heterocycles. The largest absolute Gasteiger partial charge is 0.307 e. The molecule has 5 nitrogen and oxygen atoms in total. The summed E-state index contributed by atoms with van der Waals surface area (Å²) in [6, 6.07) is 110. The number of hydrogen-bond donors (Lipinski definition) is 0. The molecule has 4 heterocycles. The second-order valence-electron chi connectivity index (χ2n) is 21.9. The second-order valence-corrected chi connectivity index (χ2v) is 21.9. The Morgan fingerprint density at radius 2 is 0.440 bits per heavy atom. The first-order chi connectivity index (χ1) is 41.7. The summed E-state index contributed by atoms with van der Waals surface area (Å²) in [5.41, 5.74) is 21.1. The average molecular weight is 1070 g/mol. The molecule has 0 spiro atoms. The van der Waals surface area contributed by atoms with E-state index < -0.39 is 0 Å². The van der Waals surface area contributed by atoms with Crippen molar-refractivity contribution in [1.82, 2.24) is 18.3 Å². The van der Waals surface area contributed by atoms with Crippen LogP contribution in [0.2, 0.25) is 0 Å². The van der Waals surface area contributed by atoms with E-state index in [9.17, 15) is 5.26 Å². The van der Waals surface area contributed by atoms with Crippen molar-refractivity contribution in [1.29, 1.82) is 5.26 Å². The molecule has 4 aromatic heterocycles. The van der Waals surface area contributed by atoms with Crippen molar-refractivity contribution in [3.63, 3.8) is 0 Å². The van der Waals surface area contributed by atoms with E-state index in [0.29, 0.717) is 5.56 Å². The minimum absolute atomic E-state index is 0.536. The third-order valence-corrected chi connectivity index (χ3v) is 17.4. The number of aromatic nitrogens is 4. The monoisotopic (exact) mass is 1070 g/mol. The number of para-hydroxylation sites is 4. The first kappa shape index (κ1) is 47.4. The molecule has 17 rings (SSSR count). The van der Waals surface area contributed by atoms with Gasteiger partial charge in [0.25, 0.3) is 0 Å². The molecule has 0 saturated carbocycles.